The molecule has 0 saturated carbocycles. The largest absolute Gasteiger partial charge is 0.433 e. The SMILES string of the molecule is Cc1c(CC(=O)N[C@H](C)c2ncc(C#N)cc2F)c(=O)[nH]c2ccc(C(F)(F)F)nc12. The van der Waals surface area contributed by atoms with Gasteiger partial charge in [-0.25, -0.2) is 9.37 Å². The zero-order valence-corrected chi connectivity index (χ0v) is 16.3. The Morgan fingerprint density at radius 2 is 2.06 bits per heavy atom. The molecule has 3 rings (SSSR count). The molecule has 1 atom stereocenters. The van der Waals surface area contributed by atoms with Crippen LogP contribution in [-0.4, -0.2) is 20.9 Å². The monoisotopic (exact) mass is 433 g/mol. The number of nitrogens with one attached hydrogen (secondary N) is 2. The van der Waals surface area contributed by atoms with Gasteiger partial charge in [-0.2, -0.15) is 18.4 Å². The Morgan fingerprint density at radius 3 is 2.68 bits per heavy atom. The molecule has 3 aromatic rings. The topological polar surface area (TPSA) is 112 Å². The Balaban J connectivity index is 1.88. The molecular weight excluding hydrogens is 418 g/mol. The molecule has 2 N–H and O–H groups in total. The van der Waals surface area contributed by atoms with Crippen molar-refractivity contribution >= 4 is 16.9 Å². The fourth-order valence-corrected chi connectivity index (χ4v) is 3.08. The molecule has 3 heterocycles. The Morgan fingerprint density at radius 1 is 1.35 bits per heavy atom. The number of pyridine rings is 3. The van der Waals surface area contributed by atoms with Gasteiger partial charge in [0, 0.05) is 11.8 Å². The first-order valence-corrected chi connectivity index (χ1v) is 8.96. The number of H-pyrrole nitrogens is 1. The first-order chi connectivity index (χ1) is 14.5. The number of nitriles is 1. The van der Waals surface area contributed by atoms with E-state index in [-0.39, 0.29) is 33.4 Å². The molecule has 0 aliphatic rings. The number of hydrogen-bond acceptors (Lipinski definition) is 5. The number of alkyl halides is 3. The number of nitrogens with zero attached hydrogens (tertiary/aromatic N) is 3. The van der Waals surface area contributed by atoms with E-state index in [1.807, 2.05) is 0 Å². The summed E-state index contributed by atoms with van der Waals surface area (Å²) in [5.74, 6) is -1.45. The van der Waals surface area contributed by atoms with Gasteiger partial charge in [0.25, 0.3) is 5.56 Å². The molecule has 160 valence electrons. The summed E-state index contributed by atoms with van der Waals surface area (Å²) < 4.78 is 53.0. The van der Waals surface area contributed by atoms with Crippen LogP contribution in [0, 0.1) is 24.1 Å². The highest BCUT2D eigenvalue weighted by atomic mass is 19.4. The summed E-state index contributed by atoms with van der Waals surface area (Å²) in [7, 11) is 0. The minimum absolute atomic E-state index is 0.0174. The van der Waals surface area contributed by atoms with Crippen LogP contribution in [0.25, 0.3) is 11.0 Å². The third kappa shape index (κ3) is 4.53. The predicted octanol–water partition coefficient (Wildman–Crippen LogP) is 3.08. The van der Waals surface area contributed by atoms with Crippen molar-refractivity contribution in [1.29, 1.82) is 5.26 Å². The highest BCUT2D eigenvalue weighted by Gasteiger charge is 2.33. The predicted molar refractivity (Wildman–Crippen MR) is 101 cm³/mol. The lowest BCUT2D eigenvalue weighted by Crippen LogP contribution is -2.31. The van der Waals surface area contributed by atoms with Gasteiger partial charge < -0.3 is 10.3 Å². The van der Waals surface area contributed by atoms with Crippen molar-refractivity contribution in [3.8, 4) is 6.07 Å². The van der Waals surface area contributed by atoms with Gasteiger partial charge >= 0.3 is 6.18 Å². The summed E-state index contributed by atoms with van der Waals surface area (Å²) in [6.45, 7) is 2.86. The Labute approximate surface area is 172 Å². The quantitative estimate of drug-likeness (QED) is 0.615. The summed E-state index contributed by atoms with van der Waals surface area (Å²) in [6, 6.07) is 3.70. The van der Waals surface area contributed by atoms with Gasteiger partial charge in [0.15, 0.2) is 0 Å². The number of carbonyl (C=O) groups excluding carboxylic acids is 1. The number of halogens is 4. The van der Waals surface area contributed by atoms with Gasteiger partial charge in [0.05, 0.1) is 34.8 Å². The summed E-state index contributed by atoms with van der Waals surface area (Å²) >= 11 is 0. The lowest BCUT2D eigenvalue weighted by atomic mass is 10.0. The molecule has 0 aliphatic carbocycles. The molecular formula is C20H15F4N5O2. The second kappa shape index (κ2) is 8.14. The fraction of sp³-hybridized carbons (Fsp3) is 0.250. The van der Waals surface area contributed by atoms with Crippen LogP contribution in [0.3, 0.4) is 0 Å². The maximum atomic E-state index is 14.1. The van der Waals surface area contributed by atoms with Crippen LogP contribution in [0.15, 0.2) is 29.2 Å². The molecule has 31 heavy (non-hydrogen) atoms. The van der Waals surface area contributed by atoms with Gasteiger partial charge in [-0.05, 0) is 37.6 Å². The molecule has 0 aromatic carbocycles. The highest BCUT2D eigenvalue weighted by molar-refractivity contribution is 5.83. The van der Waals surface area contributed by atoms with Crippen molar-refractivity contribution < 1.29 is 22.4 Å². The smallest absolute Gasteiger partial charge is 0.348 e. The number of fused-ring (bicyclic) bond motifs is 1. The molecule has 1 amide bonds. The maximum absolute atomic E-state index is 14.1. The summed E-state index contributed by atoms with van der Waals surface area (Å²) in [5, 5.41) is 11.2. The Hall–Kier alpha value is -3.81. The molecule has 0 radical (unpaired) electrons. The second-order valence-corrected chi connectivity index (χ2v) is 6.82. The number of aromatic nitrogens is 3. The Bertz CT molecular complexity index is 1280. The zero-order chi connectivity index (χ0) is 22.9. The van der Waals surface area contributed by atoms with E-state index < -0.39 is 41.6 Å². The van der Waals surface area contributed by atoms with Crippen molar-refractivity contribution in [1.82, 2.24) is 20.3 Å². The van der Waals surface area contributed by atoms with Gasteiger partial charge in [-0.15, -0.1) is 0 Å². The molecule has 0 fully saturated rings. The van der Waals surface area contributed by atoms with E-state index in [0.29, 0.717) is 0 Å². The van der Waals surface area contributed by atoms with E-state index in [4.69, 9.17) is 5.26 Å². The van der Waals surface area contributed by atoms with Crippen LogP contribution in [0.2, 0.25) is 0 Å². The first kappa shape index (κ1) is 21.9. The molecule has 0 unspecified atom stereocenters. The molecule has 11 heteroatoms. The van der Waals surface area contributed by atoms with Crippen molar-refractivity contribution in [3.05, 3.63) is 68.6 Å². The standard InChI is InChI=1S/C20H15F4N5O2/c1-9-12(19(31)28-14-3-4-15(20(22,23)24)29-17(9)14)6-16(30)27-10(2)18-13(21)5-11(7-25)8-26-18/h3-5,8,10H,6H2,1-2H3,(H,27,30)(H,28,31)/t10-/m1/s1. The first-order valence-electron chi connectivity index (χ1n) is 8.96. The van der Waals surface area contributed by atoms with E-state index in [1.54, 1.807) is 6.07 Å². The van der Waals surface area contributed by atoms with Crippen LogP contribution < -0.4 is 10.9 Å². The van der Waals surface area contributed by atoms with Crippen molar-refractivity contribution in [2.24, 2.45) is 0 Å². The minimum Gasteiger partial charge on any atom is -0.348 e. The maximum Gasteiger partial charge on any atom is 0.433 e. The second-order valence-electron chi connectivity index (χ2n) is 6.82. The molecule has 0 bridgehead atoms. The zero-order valence-electron chi connectivity index (χ0n) is 16.3. The van der Waals surface area contributed by atoms with E-state index in [9.17, 15) is 27.2 Å². The third-order valence-electron chi connectivity index (χ3n) is 4.64. The third-order valence-corrected chi connectivity index (χ3v) is 4.64. The normalized spacial score (nSPS) is 12.4. The minimum atomic E-state index is -4.66. The van der Waals surface area contributed by atoms with E-state index in [1.165, 1.54) is 13.8 Å². The van der Waals surface area contributed by atoms with Crippen molar-refractivity contribution in [3.63, 3.8) is 0 Å². The molecule has 7 nitrogen and oxygen atoms in total. The van der Waals surface area contributed by atoms with Crippen LogP contribution in [-0.2, 0) is 17.4 Å². The number of aryl methyl sites for hydroxylation is 1. The summed E-state index contributed by atoms with van der Waals surface area (Å²) in [6.07, 6.45) is -3.97. The number of rotatable bonds is 4. The van der Waals surface area contributed by atoms with Gasteiger partial charge in [-0.1, -0.05) is 0 Å². The number of carbonyl (C=O) groups is 1. The highest BCUT2D eigenvalue weighted by Crippen LogP contribution is 2.29. The van der Waals surface area contributed by atoms with Gasteiger partial charge in [0.2, 0.25) is 5.91 Å². The van der Waals surface area contributed by atoms with E-state index in [0.717, 1.165) is 24.4 Å². The molecule has 0 aliphatic heterocycles. The van der Waals surface area contributed by atoms with Crippen molar-refractivity contribution in [2.45, 2.75) is 32.5 Å². The average Bonchev–Trinajstić information content (AvgIpc) is 2.69. The van der Waals surface area contributed by atoms with Crippen molar-refractivity contribution in [2.75, 3.05) is 0 Å². The summed E-state index contributed by atoms with van der Waals surface area (Å²) in [5.41, 5.74) is -1.75. The molecule has 0 spiro atoms. The van der Waals surface area contributed by atoms with Gasteiger partial charge in [0.1, 0.15) is 17.6 Å². The fourth-order valence-electron chi connectivity index (χ4n) is 3.08. The Kier molecular flexibility index (Phi) is 5.75. The van der Waals surface area contributed by atoms with E-state index in [2.05, 4.69) is 20.3 Å². The van der Waals surface area contributed by atoms with Crippen LogP contribution >= 0.6 is 0 Å². The number of aromatic amines is 1. The lowest BCUT2D eigenvalue weighted by Gasteiger charge is -2.15. The number of hydrogen-bond donors (Lipinski definition) is 2. The van der Waals surface area contributed by atoms with Crippen LogP contribution in [0.1, 0.15) is 41.0 Å². The van der Waals surface area contributed by atoms with Crippen LogP contribution in [0.4, 0.5) is 17.6 Å². The van der Waals surface area contributed by atoms with Crippen LogP contribution in [0.5, 0.6) is 0 Å². The van der Waals surface area contributed by atoms with Gasteiger partial charge in [-0.3, -0.25) is 14.6 Å². The average molecular weight is 433 g/mol. The summed E-state index contributed by atoms with van der Waals surface area (Å²) in [4.78, 5) is 34.6. The molecule has 3 aromatic heterocycles. The number of amides is 1. The lowest BCUT2D eigenvalue weighted by molar-refractivity contribution is -0.141. The van der Waals surface area contributed by atoms with E-state index >= 15 is 0 Å². The molecule has 0 saturated heterocycles.